The third-order valence-electron chi connectivity index (χ3n) is 3.67. The summed E-state index contributed by atoms with van der Waals surface area (Å²) in [5.74, 6) is 0.109. The van der Waals surface area contributed by atoms with Crippen LogP contribution in [-0.2, 0) is 19.1 Å². The van der Waals surface area contributed by atoms with Gasteiger partial charge >= 0.3 is 0 Å². The van der Waals surface area contributed by atoms with Gasteiger partial charge in [-0.25, -0.2) is 0 Å². The number of hydrogen-bond acceptors (Lipinski definition) is 4. The molecule has 0 bridgehead atoms. The van der Waals surface area contributed by atoms with Crippen molar-refractivity contribution in [2.45, 2.75) is 25.8 Å². The number of anilines is 1. The molecule has 1 aromatic rings. The van der Waals surface area contributed by atoms with Crippen LogP contribution >= 0.6 is 0 Å². The minimum atomic E-state index is -0.167. The molecule has 0 aromatic heterocycles. The van der Waals surface area contributed by atoms with E-state index in [1.165, 1.54) is 0 Å². The summed E-state index contributed by atoms with van der Waals surface area (Å²) in [6.07, 6.45) is 1.97. The Kier molecular flexibility index (Phi) is 6.55. The van der Waals surface area contributed by atoms with E-state index in [1.54, 1.807) is 7.11 Å². The van der Waals surface area contributed by atoms with Crippen LogP contribution in [-0.4, -0.2) is 38.7 Å². The number of nitrogens with one attached hydrogen (secondary N) is 2. The van der Waals surface area contributed by atoms with Crippen molar-refractivity contribution in [3.05, 3.63) is 29.8 Å². The van der Waals surface area contributed by atoms with E-state index in [-0.39, 0.29) is 30.4 Å². The van der Waals surface area contributed by atoms with E-state index in [9.17, 15) is 9.59 Å². The number of amides is 2. The summed E-state index contributed by atoms with van der Waals surface area (Å²) in [5.41, 5.74) is 1.76. The lowest BCUT2D eigenvalue weighted by atomic mass is 10.1. The van der Waals surface area contributed by atoms with E-state index in [1.807, 2.05) is 31.2 Å². The molecule has 1 saturated carbocycles. The maximum absolute atomic E-state index is 11.8. The quantitative estimate of drug-likeness (QED) is 0.681. The van der Waals surface area contributed by atoms with E-state index in [4.69, 9.17) is 9.47 Å². The van der Waals surface area contributed by atoms with E-state index in [2.05, 4.69) is 10.6 Å². The van der Waals surface area contributed by atoms with Gasteiger partial charge in [0.1, 0.15) is 6.61 Å². The van der Waals surface area contributed by atoms with Crippen LogP contribution in [0.3, 0.4) is 0 Å². The molecule has 6 heteroatoms. The topological polar surface area (TPSA) is 76.7 Å². The standard InChI is InChI=1S/C17H24N2O4/c1-12(18-16(20)11-23-10-9-22-2)13-5-7-15(8-6-13)19-17(21)14-3-4-14/h5-8,12,14H,3-4,9-11H2,1-2H3,(H,18,20)(H,19,21). The first-order chi connectivity index (χ1) is 11.1. The predicted molar refractivity (Wildman–Crippen MR) is 87.0 cm³/mol. The average molecular weight is 320 g/mol. The van der Waals surface area contributed by atoms with Crippen LogP contribution < -0.4 is 10.6 Å². The molecule has 23 heavy (non-hydrogen) atoms. The lowest BCUT2D eigenvalue weighted by Crippen LogP contribution is -2.30. The first kappa shape index (κ1) is 17.4. The molecule has 1 atom stereocenters. The third-order valence-corrected chi connectivity index (χ3v) is 3.67. The fourth-order valence-corrected chi connectivity index (χ4v) is 2.12. The zero-order valence-electron chi connectivity index (χ0n) is 13.6. The van der Waals surface area contributed by atoms with Gasteiger partial charge in [0.25, 0.3) is 0 Å². The van der Waals surface area contributed by atoms with Crippen LogP contribution in [0.4, 0.5) is 5.69 Å². The fourth-order valence-electron chi connectivity index (χ4n) is 2.12. The maximum Gasteiger partial charge on any atom is 0.246 e. The maximum atomic E-state index is 11.8. The third kappa shape index (κ3) is 6.00. The van der Waals surface area contributed by atoms with Crippen LogP contribution in [0.15, 0.2) is 24.3 Å². The number of carbonyl (C=O) groups is 2. The Morgan fingerprint density at radius 1 is 1.22 bits per heavy atom. The highest BCUT2D eigenvalue weighted by Crippen LogP contribution is 2.30. The van der Waals surface area contributed by atoms with Crippen molar-refractivity contribution in [2.24, 2.45) is 5.92 Å². The van der Waals surface area contributed by atoms with Crippen molar-refractivity contribution in [1.29, 1.82) is 0 Å². The minimum Gasteiger partial charge on any atom is -0.382 e. The van der Waals surface area contributed by atoms with Crippen LogP contribution in [0.25, 0.3) is 0 Å². The van der Waals surface area contributed by atoms with E-state index >= 15 is 0 Å². The van der Waals surface area contributed by atoms with E-state index in [0.717, 1.165) is 24.1 Å². The molecule has 0 spiro atoms. The summed E-state index contributed by atoms with van der Waals surface area (Å²) in [6, 6.07) is 7.39. The number of benzene rings is 1. The average Bonchev–Trinajstić information content (AvgIpc) is 3.37. The Hall–Kier alpha value is -1.92. The molecule has 2 N–H and O–H groups in total. The Labute approximate surface area is 136 Å². The number of methoxy groups -OCH3 is 1. The number of rotatable bonds is 9. The summed E-state index contributed by atoms with van der Waals surface area (Å²) in [6.45, 7) is 2.79. The van der Waals surface area contributed by atoms with Gasteiger partial charge in [0.15, 0.2) is 0 Å². The van der Waals surface area contributed by atoms with Crippen LogP contribution in [0.5, 0.6) is 0 Å². The number of carbonyl (C=O) groups excluding carboxylic acids is 2. The zero-order chi connectivity index (χ0) is 16.7. The molecule has 1 aliphatic rings. The molecule has 1 aliphatic carbocycles. The second-order valence-electron chi connectivity index (χ2n) is 5.72. The Morgan fingerprint density at radius 3 is 2.52 bits per heavy atom. The zero-order valence-corrected chi connectivity index (χ0v) is 13.6. The minimum absolute atomic E-state index is 0.0171. The van der Waals surface area contributed by atoms with Crippen molar-refractivity contribution in [2.75, 3.05) is 32.2 Å². The van der Waals surface area contributed by atoms with Gasteiger partial charge in [-0.2, -0.15) is 0 Å². The Balaban J connectivity index is 1.76. The highest BCUT2D eigenvalue weighted by molar-refractivity contribution is 5.94. The largest absolute Gasteiger partial charge is 0.382 e. The van der Waals surface area contributed by atoms with Gasteiger partial charge in [-0.05, 0) is 37.5 Å². The molecule has 1 fully saturated rings. The molecule has 1 aromatic carbocycles. The Bertz CT molecular complexity index is 526. The van der Waals surface area contributed by atoms with Gasteiger partial charge in [0.2, 0.25) is 11.8 Å². The van der Waals surface area contributed by atoms with Gasteiger partial charge in [-0.15, -0.1) is 0 Å². The molecule has 0 radical (unpaired) electrons. The van der Waals surface area contributed by atoms with Crippen molar-refractivity contribution >= 4 is 17.5 Å². The van der Waals surface area contributed by atoms with Crippen molar-refractivity contribution in [3.8, 4) is 0 Å². The van der Waals surface area contributed by atoms with Crippen LogP contribution in [0.2, 0.25) is 0 Å². The highest BCUT2D eigenvalue weighted by atomic mass is 16.5. The monoisotopic (exact) mass is 320 g/mol. The van der Waals surface area contributed by atoms with Crippen molar-refractivity contribution in [1.82, 2.24) is 5.32 Å². The molecule has 0 aliphatic heterocycles. The predicted octanol–water partition coefficient (Wildman–Crippen LogP) is 1.88. The molecule has 126 valence electrons. The molecule has 1 unspecified atom stereocenters. The molecule has 2 amide bonds. The number of ether oxygens (including phenoxy) is 2. The van der Waals surface area contributed by atoms with Gasteiger partial charge in [0, 0.05) is 18.7 Å². The molecule has 6 nitrogen and oxygen atoms in total. The molecule has 0 saturated heterocycles. The molecule has 2 rings (SSSR count). The summed E-state index contributed by atoms with van der Waals surface area (Å²) in [7, 11) is 1.59. The first-order valence-corrected chi connectivity index (χ1v) is 7.87. The second-order valence-corrected chi connectivity index (χ2v) is 5.72. The lowest BCUT2D eigenvalue weighted by molar-refractivity contribution is -0.126. The fraction of sp³-hybridized carbons (Fsp3) is 0.529. The van der Waals surface area contributed by atoms with Crippen molar-refractivity contribution in [3.63, 3.8) is 0 Å². The molecule has 0 heterocycles. The van der Waals surface area contributed by atoms with Gasteiger partial charge in [-0.3, -0.25) is 9.59 Å². The van der Waals surface area contributed by atoms with Crippen LogP contribution in [0, 0.1) is 5.92 Å². The summed E-state index contributed by atoms with van der Waals surface area (Å²) in [5, 5.41) is 5.76. The van der Waals surface area contributed by atoms with Crippen molar-refractivity contribution < 1.29 is 19.1 Å². The first-order valence-electron chi connectivity index (χ1n) is 7.87. The van der Waals surface area contributed by atoms with E-state index < -0.39 is 0 Å². The summed E-state index contributed by atoms with van der Waals surface area (Å²) < 4.78 is 10.0. The van der Waals surface area contributed by atoms with Gasteiger partial charge < -0.3 is 20.1 Å². The SMILES string of the molecule is COCCOCC(=O)NC(C)c1ccc(NC(=O)C2CC2)cc1. The second kappa shape index (κ2) is 8.64. The van der Waals surface area contributed by atoms with Crippen LogP contribution in [0.1, 0.15) is 31.4 Å². The normalized spacial score (nSPS) is 15.0. The molecular formula is C17H24N2O4. The molecular weight excluding hydrogens is 296 g/mol. The summed E-state index contributed by atoms with van der Waals surface area (Å²) in [4.78, 5) is 23.4. The smallest absolute Gasteiger partial charge is 0.246 e. The summed E-state index contributed by atoms with van der Waals surface area (Å²) >= 11 is 0. The van der Waals surface area contributed by atoms with E-state index in [0.29, 0.717) is 13.2 Å². The Morgan fingerprint density at radius 2 is 1.91 bits per heavy atom. The highest BCUT2D eigenvalue weighted by Gasteiger charge is 2.29. The van der Waals surface area contributed by atoms with Gasteiger partial charge in [0.05, 0.1) is 19.3 Å². The van der Waals surface area contributed by atoms with Gasteiger partial charge in [-0.1, -0.05) is 12.1 Å². The number of hydrogen-bond donors (Lipinski definition) is 2. The lowest BCUT2D eigenvalue weighted by Gasteiger charge is -2.15.